The third kappa shape index (κ3) is 5.87. The van der Waals surface area contributed by atoms with Gasteiger partial charge in [0.2, 0.25) is 5.91 Å². The molecular formula is C16H12Cl4N2O2. The molecule has 0 saturated heterocycles. The van der Waals surface area contributed by atoms with E-state index in [1.54, 1.807) is 36.4 Å². The topological polar surface area (TPSA) is 50.7 Å². The van der Waals surface area contributed by atoms with Crippen molar-refractivity contribution in [1.82, 2.24) is 0 Å². The Morgan fingerprint density at radius 1 is 1.04 bits per heavy atom. The van der Waals surface area contributed by atoms with Crippen molar-refractivity contribution in [2.24, 2.45) is 5.16 Å². The molecule has 0 heterocycles. The first-order valence-corrected chi connectivity index (χ1v) is 8.29. The number of benzene rings is 2. The van der Waals surface area contributed by atoms with Gasteiger partial charge in [0.1, 0.15) is 6.61 Å². The molecule has 0 radical (unpaired) electrons. The van der Waals surface area contributed by atoms with Crippen LogP contribution in [0.2, 0.25) is 20.1 Å². The van der Waals surface area contributed by atoms with E-state index in [2.05, 4.69) is 10.5 Å². The van der Waals surface area contributed by atoms with Crippen LogP contribution < -0.4 is 5.32 Å². The van der Waals surface area contributed by atoms with E-state index in [0.717, 1.165) is 5.56 Å². The van der Waals surface area contributed by atoms with Gasteiger partial charge in [-0.3, -0.25) is 4.79 Å². The van der Waals surface area contributed by atoms with Crippen molar-refractivity contribution in [3.8, 4) is 0 Å². The summed E-state index contributed by atoms with van der Waals surface area (Å²) in [6.45, 7) is 0.181. The summed E-state index contributed by atoms with van der Waals surface area (Å²) in [4.78, 5) is 16.9. The molecule has 0 unspecified atom stereocenters. The zero-order valence-electron chi connectivity index (χ0n) is 12.2. The predicted octanol–water partition coefficient (Wildman–Crippen LogP) is 5.83. The maximum atomic E-state index is 11.8. The average molecular weight is 406 g/mol. The lowest BCUT2D eigenvalue weighted by atomic mass is 10.2. The van der Waals surface area contributed by atoms with Gasteiger partial charge in [-0.05, 0) is 30.3 Å². The molecule has 2 aromatic rings. The number of hydrogen-bond acceptors (Lipinski definition) is 3. The maximum absolute atomic E-state index is 11.8. The molecule has 1 N–H and O–H groups in total. The van der Waals surface area contributed by atoms with Gasteiger partial charge in [0, 0.05) is 21.3 Å². The second-order valence-electron chi connectivity index (χ2n) is 4.68. The molecule has 0 aliphatic carbocycles. The standard InChI is InChI=1S/C16H12Cl4N2O2/c17-11-2-1-10(14(19)7-11)9-24-21-6-5-16(23)22-12-3-4-13(18)15(20)8-12/h1-4,6-8H,5,9H2,(H,22,23)/b21-6+. The number of oxime groups is 1. The van der Waals surface area contributed by atoms with Crippen LogP contribution in [0.5, 0.6) is 0 Å². The molecule has 8 heteroatoms. The number of nitrogens with one attached hydrogen (secondary N) is 1. The molecular weight excluding hydrogens is 394 g/mol. The number of anilines is 1. The van der Waals surface area contributed by atoms with E-state index in [9.17, 15) is 4.79 Å². The van der Waals surface area contributed by atoms with Crippen molar-refractivity contribution >= 4 is 64.2 Å². The van der Waals surface area contributed by atoms with Crippen LogP contribution in [-0.2, 0) is 16.2 Å². The van der Waals surface area contributed by atoms with Gasteiger partial charge in [0.05, 0.1) is 22.7 Å². The molecule has 0 aliphatic rings. The quantitative estimate of drug-likeness (QED) is 0.485. The number of halogens is 4. The molecule has 0 atom stereocenters. The summed E-state index contributed by atoms with van der Waals surface area (Å²) in [6, 6.07) is 9.90. The van der Waals surface area contributed by atoms with Crippen LogP contribution in [0.15, 0.2) is 41.6 Å². The SMILES string of the molecule is O=C(C/C=N/OCc1ccc(Cl)cc1Cl)Nc1ccc(Cl)c(Cl)c1. The minimum Gasteiger partial charge on any atom is -0.391 e. The second-order valence-corrected chi connectivity index (χ2v) is 6.34. The number of rotatable bonds is 6. The smallest absolute Gasteiger partial charge is 0.229 e. The summed E-state index contributed by atoms with van der Waals surface area (Å²) in [7, 11) is 0. The van der Waals surface area contributed by atoms with Crippen molar-refractivity contribution in [2.45, 2.75) is 13.0 Å². The number of carbonyl (C=O) groups excluding carboxylic acids is 1. The van der Waals surface area contributed by atoms with Gasteiger partial charge < -0.3 is 10.2 Å². The van der Waals surface area contributed by atoms with Crippen LogP contribution in [0.4, 0.5) is 5.69 Å². The molecule has 0 aliphatic heterocycles. The highest BCUT2D eigenvalue weighted by molar-refractivity contribution is 6.42. The Kier molecular flexibility index (Phi) is 7.18. The summed E-state index contributed by atoms with van der Waals surface area (Å²) in [5, 5.41) is 8.22. The highest BCUT2D eigenvalue weighted by Gasteiger charge is 2.04. The van der Waals surface area contributed by atoms with Crippen molar-refractivity contribution in [2.75, 3.05) is 5.32 Å². The van der Waals surface area contributed by atoms with Crippen molar-refractivity contribution < 1.29 is 9.63 Å². The van der Waals surface area contributed by atoms with Crippen LogP contribution in [0, 0.1) is 0 Å². The molecule has 2 rings (SSSR count). The number of carbonyl (C=O) groups is 1. The van der Waals surface area contributed by atoms with Crippen LogP contribution >= 0.6 is 46.4 Å². The molecule has 0 spiro atoms. The van der Waals surface area contributed by atoms with E-state index in [1.807, 2.05) is 0 Å². The van der Waals surface area contributed by atoms with Crippen molar-refractivity contribution in [1.29, 1.82) is 0 Å². The second kappa shape index (κ2) is 9.14. The van der Waals surface area contributed by atoms with Crippen molar-refractivity contribution in [3.05, 3.63) is 62.1 Å². The fourth-order valence-electron chi connectivity index (χ4n) is 1.70. The number of nitrogens with zero attached hydrogens (tertiary/aromatic N) is 1. The Morgan fingerprint density at radius 3 is 2.54 bits per heavy atom. The lowest BCUT2D eigenvalue weighted by molar-refractivity contribution is -0.115. The van der Waals surface area contributed by atoms with Crippen LogP contribution in [0.25, 0.3) is 0 Å². The first kappa shape index (κ1) is 18.9. The predicted molar refractivity (Wildman–Crippen MR) is 99.5 cm³/mol. The zero-order chi connectivity index (χ0) is 17.5. The van der Waals surface area contributed by atoms with Gasteiger partial charge in [-0.15, -0.1) is 0 Å². The van der Waals surface area contributed by atoms with Gasteiger partial charge in [0.15, 0.2) is 0 Å². The Bertz CT molecular complexity index is 766. The largest absolute Gasteiger partial charge is 0.391 e. The van der Waals surface area contributed by atoms with Gasteiger partial charge >= 0.3 is 0 Å². The fraction of sp³-hybridized carbons (Fsp3) is 0.125. The third-order valence-electron chi connectivity index (χ3n) is 2.86. The first-order chi connectivity index (χ1) is 11.5. The normalized spacial score (nSPS) is 10.8. The Balaban J connectivity index is 1.77. The average Bonchev–Trinajstić information content (AvgIpc) is 2.52. The fourth-order valence-corrected chi connectivity index (χ4v) is 2.47. The van der Waals surface area contributed by atoms with Gasteiger partial charge in [0.25, 0.3) is 0 Å². The molecule has 1 amide bonds. The van der Waals surface area contributed by atoms with Gasteiger partial charge in [-0.25, -0.2) is 0 Å². The molecule has 2 aromatic carbocycles. The molecule has 126 valence electrons. The Morgan fingerprint density at radius 2 is 1.83 bits per heavy atom. The molecule has 0 bridgehead atoms. The molecule has 24 heavy (non-hydrogen) atoms. The summed E-state index contributed by atoms with van der Waals surface area (Å²) >= 11 is 23.5. The van der Waals surface area contributed by atoms with E-state index in [-0.39, 0.29) is 18.9 Å². The maximum Gasteiger partial charge on any atom is 0.229 e. The van der Waals surface area contributed by atoms with E-state index in [1.165, 1.54) is 6.21 Å². The summed E-state index contributed by atoms with van der Waals surface area (Å²) in [5.74, 6) is -0.259. The highest BCUT2D eigenvalue weighted by Crippen LogP contribution is 2.25. The number of amides is 1. The van der Waals surface area contributed by atoms with Crippen LogP contribution in [0.1, 0.15) is 12.0 Å². The lowest BCUT2D eigenvalue weighted by Gasteiger charge is -2.05. The Labute approximate surface area is 159 Å². The summed E-state index contributed by atoms with van der Waals surface area (Å²) < 4.78 is 0. The summed E-state index contributed by atoms with van der Waals surface area (Å²) in [5.41, 5.74) is 1.30. The lowest BCUT2D eigenvalue weighted by Crippen LogP contribution is -2.11. The van der Waals surface area contributed by atoms with Crippen LogP contribution in [0.3, 0.4) is 0 Å². The van der Waals surface area contributed by atoms with E-state index >= 15 is 0 Å². The number of hydrogen-bond donors (Lipinski definition) is 1. The monoisotopic (exact) mass is 404 g/mol. The van der Waals surface area contributed by atoms with Gasteiger partial charge in [-0.2, -0.15) is 0 Å². The molecule has 0 aromatic heterocycles. The first-order valence-electron chi connectivity index (χ1n) is 6.78. The van der Waals surface area contributed by atoms with Gasteiger partial charge in [-0.1, -0.05) is 57.6 Å². The molecule has 0 saturated carbocycles. The third-order valence-corrected chi connectivity index (χ3v) is 4.19. The minimum absolute atomic E-state index is 0.0502. The summed E-state index contributed by atoms with van der Waals surface area (Å²) in [6.07, 6.45) is 1.41. The highest BCUT2D eigenvalue weighted by atomic mass is 35.5. The van der Waals surface area contributed by atoms with E-state index in [4.69, 9.17) is 51.2 Å². The van der Waals surface area contributed by atoms with Crippen molar-refractivity contribution in [3.63, 3.8) is 0 Å². The van der Waals surface area contributed by atoms with E-state index in [0.29, 0.717) is 25.8 Å². The minimum atomic E-state index is -0.259. The Hall–Kier alpha value is -1.46. The molecule has 4 nitrogen and oxygen atoms in total. The van der Waals surface area contributed by atoms with Crippen LogP contribution in [-0.4, -0.2) is 12.1 Å². The van der Waals surface area contributed by atoms with E-state index < -0.39 is 0 Å². The molecule has 0 fully saturated rings. The zero-order valence-corrected chi connectivity index (χ0v) is 15.3.